The summed E-state index contributed by atoms with van der Waals surface area (Å²) in [6, 6.07) is 11.8. The van der Waals surface area contributed by atoms with Crippen LogP contribution in [0.1, 0.15) is 16.7 Å². The van der Waals surface area contributed by atoms with E-state index >= 15 is 0 Å². The highest BCUT2D eigenvalue weighted by molar-refractivity contribution is 8.00. The maximum atomic E-state index is 12.1. The van der Waals surface area contributed by atoms with Gasteiger partial charge in [0.2, 0.25) is 5.91 Å². The van der Waals surface area contributed by atoms with Gasteiger partial charge in [-0.3, -0.25) is 4.79 Å². The predicted octanol–water partition coefficient (Wildman–Crippen LogP) is 3.92. The van der Waals surface area contributed by atoms with Crippen LogP contribution in [-0.4, -0.2) is 11.7 Å². The molecule has 0 unspecified atom stereocenters. The van der Waals surface area contributed by atoms with Gasteiger partial charge in [0.15, 0.2) is 0 Å². The minimum atomic E-state index is -0.00576. The molecular weight excluding hydrogens is 280 g/mol. The van der Waals surface area contributed by atoms with Crippen molar-refractivity contribution in [2.75, 3.05) is 16.8 Å². The Hall–Kier alpha value is -1.94. The molecule has 4 heteroatoms. The van der Waals surface area contributed by atoms with Gasteiger partial charge in [-0.05, 0) is 56.2 Å². The first kappa shape index (κ1) is 15.4. The van der Waals surface area contributed by atoms with E-state index in [1.165, 1.54) is 11.1 Å². The first-order valence-corrected chi connectivity index (χ1v) is 7.80. The molecule has 0 radical (unpaired) electrons. The second-order valence-corrected chi connectivity index (χ2v) is 6.20. The summed E-state index contributed by atoms with van der Waals surface area (Å²) in [7, 11) is 0. The van der Waals surface area contributed by atoms with E-state index in [1.807, 2.05) is 19.1 Å². The number of thioether (sulfide) groups is 1. The zero-order chi connectivity index (χ0) is 15.4. The van der Waals surface area contributed by atoms with Crippen molar-refractivity contribution in [2.45, 2.75) is 25.7 Å². The van der Waals surface area contributed by atoms with Crippen molar-refractivity contribution in [3.05, 3.63) is 53.1 Å². The van der Waals surface area contributed by atoms with Crippen LogP contribution in [0, 0.1) is 20.8 Å². The zero-order valence-corrected chi connectivity index (χ0v) is 13.4. The van der Waals surface area contributed by atoms with Crippen molar-refractivity contribution in [1.82, 2.24) is 0 Å². The van der Waals surface area contributed by atoms with Gasteiger partial charge in [0.05, 0.1) is 5.75 Å². The Morgan fingerprint density at radius 1 is 1.10 bits per heavy atom. The molecule has 21 heavy (non-hydrogen) atoms. The summed E-state index contributed by atoms with van der Waals surface area (Å²) < 4.78 is 0. The SMILES string of the molecule is Cc1ccc(C)c(SCC(=O)Nc2ccc(N)cc2C)c1. The minimum Gasteiger partial charge on any atom is -0.399 e. The van der Waals surface area contributed by atoms with Crippen LogP contribution < -0.4 is 11.1 Å². The number of carbonyl (C=O) groups excluding carboxylic acids is 1. The van der Waals surface area contributed by atoms with Gasteiger partial charge < -0.3 is 11.1 Å². The molecule has 0 aliphatic heterocycles. The fourth-order valence-electron chi connectivity index (χ4n) is 2.02. The molecule has 0 saturated carbocycles. The van der Waals surface area contributed by atoms with Crippen LogP contribution in [0.25, 0.3) is 0 Å². The van der Waals surface area contributed by atoms with Crippen molar-refractivity contribution in [3.63, 3.8) is 0 Å². The molecule has 0 saturated heterocycles. The molecule has 2 aromatic carbocycles. The summed E-state index contributed by atoms with van der Waals surface area (Å²) in [5.74, 6) is 0.391. The molecule has 0 heterocycles. The first-order chi connectivity index (χ1) is 9.95. The first-order valence-electron chi connectivity index (χ1n) is 6.82. The van der Waals surface area contributed by atoms with E-state index in [2.05, 4.69) is 37.4 Å². The highest BCUT2D eigenvalue weighted by Gasteiger charge is 2.07. The minimum absolute atomic E-state index is 0.00576. The fourth-order valence-corrected chi connectivity index (χ4v) is 2.94. The van der Waals surface area contributed by atoms with Gasteiger partial charge in [0.25, 0.3) is 0 Å². The number of nitrogen functional groups attached to an aromatic ring is 1. The largest absolute Gasteiger partial charge is 0.399 e. The van der Waals surface area contributed by atoms with Crippen molar-refractivity contribution in [3.8, 4) is 0 Å². The van der Waals surface area contributed by atoms with E-state index < -0.39 is 0 Å². The van der Waals surface area contributed by atoms with Crippen molar-refractivity contribution in [2.24, 2.45) is 0 Å². The highest BCUT2D eigenvalue weighted by atomic mass is 32.2. The Balaban J connectivity index is 1.97. The summed E-state index contributed by atoms with van der Waals surface area (Å²) >= 11 is 1.56. The molecule has 110 valence electrons. The second kappa shape index (κ2) is 6.68. The maximum absolute atomic E-state index is 12.1. The van der Waals surface area contributed by atoms with Crippen LogP contribution in [0.3, 0.4) is 0 Å². The third-order valence-corrected chi connectivity index (χ3v) is 4.38. The fraction of sp³-hybridized carbons (Fsp3) is 0.235. The smallest absolute Gasteiger partial charge is 0.234 e. The zero-order valence-electron chi connectivity index (χ0n) is 12.6. The van der Waals surface area contributed by atoms with E-state index in [9.17, 15) is 4.79 Å². The molecule has 0 aliphatic carbocycles. The molecule has 3 nitrogen and oxygen atoms in total. The molecule has 2 aromatic rings. The monoisotopic (exact) mass is 300 g/mol. The van der Waals surface area contributed by atoms with Gasteiger partial charge in [-0.25, -0.2) is 0 Å². The predicted molar refractivity (Wildman–Crippen MR) is 90.9 cm³/mol. The summed E-state index contributed by atoms with van der Waals surface area (Å²) in [6.07, 6.45) is 0. The summed E-state index contributed by atoms with van der Waals surface area (Å²) in [4.78, 5) is 13.2. The quantitative estimate of drug-likeness (QED) is 0.664. The van der Waals surface area contributed by atoms with Crippen LogP contribution in [0.15, 0.2) is 41.3 Å². The number of benzene rings is 2. The molecular formula is C17H20N2OS. The summed E-state index contributed by atoms with van der Waals surface area (Å²) in [5, 5.41) is 2.93. The third kappa shape index (κ3) is 4.26. The molecule has 0 aliphatic rings. The number of amides is 1. The number of nitrogens with one attached hydrogen (secondary N) is 1. The summed E-state index contributed by atoms with van der Waals surface area (Å²) in [5.41, 5.74) is 10.6. The Bertz CT molecular complexity index is 668. The van der Waals surface area contributed by atoms with E-state index in [4.69, 9.17) is 5.73 Å². The standard InChI is InChI=1S/C17H20N2OS/c1-11-4-5-12(2)16(8-11)21-10-17(20)19-15-7-6-14(18)9-13(15)3/h4-9H,10,18H2,1-3H3,(H,19,20). The van der Waals surface area contributed by atoms with E-state index in [0.717, 1.165) is 16.1 Å². The molecule has 0 fully saturated rings. The van der Waals surface area contributed by atoms with E-state index in [-0.39, 0.29) is 5.91 Å². The van der Waals surface area contributed by atoms with Crippen molar-refractivity contribution in [1.29, 1.82) is 0 Å². The number of hydrogen-bond acceptors (Lipinski definition) is 3. The molecule has 0 spiro atoms. The van der Waals surface area contributed by atoms with Gasteiger partial charge in [-0.2, -0.15) is 0 Å². The highest BCUT2D eigenvalue weighted by Crippen LogP contribution is 2.24. The number of aryl methyl sites for hydroxylation is 3. The van der Waals surface area contributed by atoms with Gasteiger partial charge in [0.1, 0.15) is 0 Å². The van der Waals surface area contributed by atoms with Crippen LogP contribution in [0.5, 0.6) is 0 Å². The average molecular weight is 300 g/mol. The topological polar surface area (TPSA) is 55.1 Å². The van der Waals surface area contributed by atoms with Crippen LogP contribution in [0.4, 0.5) is 11.4 Å². The van der Waals surface area contributed by atoms with Gasteiger partial charge in [-0.15, -0.1) is 11.8 Å². The number of anilines is 2. The number of nitrogens with two attached hydrogens (primary N) is 1. The number of carbonyl (C=O) groups is 1. The van der Waals surface area contributed by atoms with Gasteiger partial charge in [0, 0.05) is 16.3 Å². The van der Waals surface area contributed by atoms with Crippen LogP contribution >= 0.6 is 11.8 Å². The lowest BCUT2D eigenvalue weighted by atomic mass is 10.2. The Kier molecular flexibility index (Phi) is 4.91. The Morgan fingerprint density at radius 3 is 2.57 bits per heavy atom. The van der Waals surface area contributed by atoms with Gasteiger partial charge in [-0.1, -0.05) is 17.7 Å². The normalized spacial score (nSPS) is 10.4. The lowest BCUT2D eigenvalue weighted by Gasteiger charge is -2.10. The second-order valence-electron chi connectivity index (χ2n) is 5.18. The number of hydrogen-bond donors (Lipinski definition) is 2. The van der Waals surface area contributed by atoms with E-state index in [1.54, 1.807) is 17.8 Å². The Morgan fingerprint density at radius 2 is 1.86 bits per heavy atom. The summed E-state index contributed by atoms with van der Waals surface area (Å²) in [6.45, 7) is 6.05. The molecule has 0 aromatic heterocycles. The Labute approximate surface area is 129 Å². The van der Waals surface area contributed by atoms with E-state index in [0.29, 0.717) is 11.4 Å². The van der Waals surface area contributed by atoms with Crippen molar-refractivity contribution >= 4 is 29.0 Å². The molecule has 0 atom stereocenters. The third-order valence-electron chi connectivity index (χ3n) is 3.23. The lowest BCUT2D eigenvalue weighted by Crippen LogP contribution is -2.15. The lowest BCUT2D eigenvalue weighted by molar-refractivity contribution is -0.113. The average Bonchev–Trinajstić information content (AvgIpc) is 2.43. The van der Waals surface area contributed by atoms with Crippen molar-refractivity contribution < 1.29 is 4.79 Å². The van der Waals surface area contributed by atoms with Crippen LogP contribution in [-0.2, 0) is 4.79 Å². The molecule has 3 N–H and O–H groups in total. The maximum Gasteiger partial charge on any atom is 0.234 e. The van der Waals surface area contributed by atoms with Gasteiger partial charge >= 0.3 is 0 Å². The molecule has 2 rings (SSSR count). The number of rotatable bonds is 4. The molecule has 0 bridgehead atoms. The molecule has 1 amide bonds. The van der Waals surface area contributed by atoms with Crippen LogP contribution in [0.2, 0.25) is 0 Å².